The number of nitrogen functional groups attached to an aromatic ring is 1. The van der Waals surface area contributed by atoms with Crippen LogP contribution >= 0.6 is 11.3 Å². The van der Waals surface area contributed by atoms with E-state index < -0.39 is 15.7 Å². The smallest absolute Gasteiger partial charge is 0.263 e. The lowest BCUT2D eigenvalue weighted by Gasteiger charge is -2.02. The molecule has 9 heteroatoms. The van der Waals surface area contributed by atoms with E-state index >= 15 is 0 Å². The number of sulfone groups is 1. The molecule has 0 radical (unpaired) electrons. The van der Waals surface area contributed by atoms with Gasteiger partial charge in [-0.1, -0.05) is 0 Å². The third kappa shape index (κ3) is 3.18. The quantitative estimate of drug-likeness (QED) is 0.824. The highest BCUT2D eigenvalue weighted by atomic mass is 32.2. The zero-order chi connectivity index (χ0) is 14.0. The third-order valence-electron chi connectivity index (χ3n) is 2.33. The second kappa shape index (κ2) is 5.10. The summed E-state index contributed by atoms with van der Waals surface area (Å²) in [7, 11) is -3.10. The van der Waals surface area contributed by atoms with Gasteiger partial charge in [0.15, 0.2) is 0 Å². The van der Waals surface area contributed by atoms with E-state index in [4.69, 9.17) is 5.73 Å². The monoisotopic (exact) mass is 300 g/mol. The number of hydrogen-bond donors (Lipinski definition) is 2. The molecular formula is C10H12N4O3S2. The van der Waals surface area contributed by atoms with Crippen LogP contribution in [0.1, 0.15) is 9.67 Å². The number of anilines is 1. The fourth-order valence-corrected chi connectivity index (χ4v) is 2.85. The summed E-state index contributed by atoms with van der Waals surface area (Å²) in [5.41, 5.74) is 6.58. The van der Waals surface area contributed by atoms with E-state index in [0.717, 1.165) is 17.6 Å². The van der Waals surface area contributed by atoms with E-state index in [2.05, 4.69) is 15.3 Å². The minimum atomic E-state index is -3.10. The SMILES string of the molecule is CS(=O)(=O)CCNC(=O)c1sc2nccnc2c1N. The van der Waals surface area contributed by atoms with E-state index in [-0.39, 0.29) is 18.0 Å². The molecule has 0 aromatic carbocycles. The molecular weight excluding hydrogens is 288 g/mol. The standard InChI is InChI=1S/C10H12N4O3S2/c1-19(16,17)5-4-13-9(15)8-6(11)7-10(18-8)14-3-2-12-7/h2-3H,4-5,11H2,1H3,(H,13,15). The first-order chi connectivity index (χ1) is 8.88. The summed E-state index contributed by atoms with van der Waals surface area (Å²) in [6.45, 7) is 0.0478. The maximum absolute atomic E-state index is 11.9. The molecule has 0 spiro atoms. The van der Waals surface area contributed by atoms with Crippen LogP contribution in [0.2, 0.25) is 0 Å². The summed E-state index contributed by atoms with van der Waals surface area (Å²) in [4.78, 5) is 20.9. The summed E-state index contributed by atoms with van der Waals surface area (Å²) < 4.78 is 21.9. The number of hydrogen-bond acceptors (Lipinski definition) is 7. The van der Waals surface area contributed by atoms with Crippen molar-refractivity contribution in [3.63, 3.8) is 0 Å². The second-order valence-corrected chi connectivity index (χ2v) is 7.20. The predicted molar refractivity (Wildman–Crippen MR) is 73.9 cm³/mol. The molecule has 3 N–H and O–H groups in total. The molecule has 0 aliphatic heterocycles. The van der Waals surface area contributed by atoms with Crippen molar-refractivity contribution in [1.29, 1.82) is 0 Å². The number of amides is 1. The van der Waals surface area contributed by atoms with Crippen molar-refractivity contribution in [2.45, 2.75) is 0 Å². The number of nitrogens with one attached hydrogen (secondary N) is 1. The topological polar surface area (TPSA) is 115 Å². The molecule has 0 fully saturated rings. The molecule has 0 atom stereocenters. The summed E-state index contributed by atoms with van der Waals surface area (Å²) in [6, 6.07) is 0. The lowest BCUT2D eigenvalue weighted by molar-refractivity contribution is 0.0961. The van der Waals surface area contributed by atoms with E-state index in [1.54, 1.807) is 0 Å². The lowest BCUT2D eigenvalue weighted by Crippen LogP contribution is -2.28. The number of nitrogens with two attached hydrogens (primary N) is 1. The summed E-state index contributed by atoms with van der Waals surface area (Å²) >= 11 is 1.13. The van der Waals surface area contributed by atoms with Gasteiger partial charge < -0.3 is 11.1 Å². The summed E-state index contributed by atoms with van der Waals surface area (Å²) in [6.07, 6.45) is 4.13. The van der Waals surface area contributed by atoms with Gasteiger partial charge in [0.25, 0.3) is 5.91 Å². The predicted octanol–water partition coefficient (Wildman–Crippen LogP) is 0.0479. The fourth-order valence-electron chi connectivity index (χ4n) is 1.44. The number of nitrogens with zero attached hydrogens (tertiary/aromatic N) is 2. The Balaban J connectivity index is 2.16. The van der Waals surface area contributed by atoms with Crippen LogP contribution in [0.5, 0.6) is 0 Å². The van der Waals surface area contributed by atoms with Gasteiger partial charge in [0, 0.05) is 25.2 Å². The zero-order valence-corrected chi connectivity index (χ0v) is 11.7. The molecule has 19 heavy (non-hydrogen) atoms. The number of rotatable bonds is 4. The van der Waals surface area contributed by atoms with E-state index in [1.807, 2.05) is 0 Å². The van der Waals surface area contributed by atoms with Crippen LogP contribution in [-0.2, 0) is 9.84 Å². The van der Waals surface area contributed by atoms with Crippen LogP contribution in [0.4, 0.5) is 5.69 Å². The van der Waals surface area contributed by atoms with Crippen LogP contribution in [-0.4, -0.2) is 42.8 Å². The number of carbonyl (C=O) groups excluding carboxylic acids is 1. The van der Waals surface area contributed by atoms with E-state index in [1.165, 1.54) is 12.4 Å². The Bertz CT molecular complexity index is 723. The van der Waals surface area contributed by atoms with Crippen LogP contribution in [0, 0.1) is 0 Å². The number of thiophene rings is 1. The maximum Gasteiger partial charge on any atom is 0.263 e. The Morgan fingerprint density at radius 2 is 2.11 bits per heavy atom. The van der Waals surface area contributed by atoms with Gasteiger partial charge in [0.05, 0.1) is 11.4 Å². The van der Waals surface area contributed by atoms with E-state index in [9.17, 15) is 13.2 Å². The molecule has 2 rings (SSSR count). The van der Waals surface area contributed by atoms with Gasteiger partial charge >= 0.3 is 0 Å². The van der Waals surface area contributed by atoms with Crippen molar-refractivity contribution in [2.75, 3.05) is 24.3 Å². The van der Waals surface area contributed by atoms with Gasteiger partial charge in [-0.05, 0) is 0 Å². The average Bonchev–Trinajstić information content (AvgIpc) is 2.66. The molecule has 2 aromatic heterocycles. The van der Waals surface area contributed by atoms with E-state index in [0.29, 0.717) is 15.2 Å². The van der Waals surface area contributed by atoms with Crippen molar-refractivity contribution in [2.24, 2.45) is 0 Å². The van der Waals surface area contributed by atoms with Crippen molar-refractivity contribution >= 4 is 43.1 Å². The van der Waals surface area contributed by atoms with Gasteiger partial charge in [0.1, 0.15) is 25.1 Å². The van der Waals surface area contributed by atoms with Crippen LogP contribution in [0.3, 0.4) is 0 Å². The molecule has 2 aromatic rings. The Labute approximate surface area is 113 Å². The molecule has 0 saturated heterocycles. The van der Waals surface area contributed by atoms with Gasteiger partial charge in [-0.15, -0.1) is 11.3 Å². The van der Waals surface area contributed by atoms with Crippen molar-refractivity contribution < 1.29 is 13.2 Å². The average molecular weight is 300 g/mol. The molecule has 0 aliphatic carbocycles. The molecule has 2 heterocycles. The first-order valence-electron chi connectivity index (χ1n) is 5.33. The highest BCUT2D eigenvalue weighted by Gasteiger charge is 2.17. The lowest BCUT2D eigenvalue weighted by atomic mass is 10.3. The minimum Gasteiger partial charge on any atom is -0.396 e. The Morgan fingerprint density at radius 3 is 2.74 bits per heavy atom. The number of carbonyl (C=O) groups is 1. The first-order valence-corrected chi connectivity index (χ1v) is 8.21. The van der Waals surface area contributed by atoms with Crippen molar-refractivity contribution in [3.05, 3.63) is 17.3 Å². The Hall–Kier alpha value is -1.74. The normalized spacial score (nSPS) is 11.6. The minimum absolute atomic E-state index is 0.0478. The number of aromatic nitrogens is 2. The van der Waals surface area contributed by atoms with Gasteiger partial charge in [0.2, 0.25) is 0 Å². The third-order valence-corrected chi connectivity index (χ3v) is 4.38. The van der Waals surface area contributed by atoms with Gasteiger partial charge in [-0.3, -0.25) is 4.79 Å². The molecule has 7 nitrogen and oxygen atoms in total. The molecule has 0 saturated carbocycles. The molecule has 0 aliphatic rings. The molecule has 0 bridgehead atoms. The van der Waals surface area contributed by atoms with Gasteiger partial charge in [-0.2, -0.15) is 0 Å². The summed E-state index contributed by atoms with van der Waals surface area (Å²) in [5, 5.41) is 2.51. The highest BCUT2D eigenvalue weighted by molar-refractivity contribution is 7.90. The van der Waals surface area contributed by atoms with Crippen molar-refractivity contribution in [3.8, 4) is 0 Å². The summed E-state index contributed by atoms with van der Waals surface area (Å²) in [5.74, 6) is -0.522. The van der Waals surface area contributed by atoms with Crippen LogP contribution < -0.4 is 11.1 Å². The second-order valence-electron chi connectivity index (χ2n) is 3.94. The van der Waals surface area contributed by atoms with Gasteiger partial charge in [-0.25, -0.2) is 18.4 Å². The molecule has 102 valence electrons. The van der Waals surface area contributed by atoms with Crippen molar-refractivity contribution in [1.82, 2.24) is 15.3 Å². The van der Waals surface area contributed by atoms with Crippen LogP contribution in [0.15, 0.2) is 12.4 Å². The Morgan fingerprint density at radius 1 is 1.42 bits per heavy atom. The zero-order valence-electron chi connectivity index (χ0n) is 10.1. The highest BCUT2D eigenvalue weighted by Crippen LogP contribution is 2.30. The molecule has 1 amide bonds. The molecule has 0 unspecified atom stereocenters. The number of fused-ring (bicyclic) bond motifs is 1. The largest absolute Gasteiger partial charge is 0.396 e. The van der Waals surface area contributed by atoms with Crippen LogP contribution in [0.25, 0.3) is 10.3 Å². The Kier molecular flexibility index (Phi) is 3.67. The first kappa shape index (κ1) is 13.7. The maximum atomic E-state index is 11.9. The fraction of sp³-hybridized carbons (Fsp3) is 0.300.